The number of hydrogen-bond donors (Lipinski definition) is 0. The van der Waals surface area contributed by atoms with E-state index in [-0.39, 0.29) is 30.4 Å². The number of pyridine rings is 1. The van der Waals surface area contributed by atoms with Gasteiger partial charge in [0.1, 0.15) is 5.82 Å². The summed E-state index contributed by atoms with van der Waals surface area (Å²) in [5, 5.41) is 0. The predicted octanol–water partition coefficient (Wildman–Crippen LogP) is 3.74. The van der Waals surface area contributed by atoms with Crippen LogP contribution >= 0.6 is 0 Å². The van der Waals surface area contributed by atoms with E-state index in [0.717, 1.165) is 24.2 Å². The largest absolute Gasteiger partial charge is 0.359 e. The van der Waals surface area contributed by atoms with Crippen molar-refractivity contribution in [3.63, 3.8) is 0 Å². The average Bonchev–Trinajstić information content (AvgIpc) is 3.29. The Morgan fingerprint density at radius 1 is 1.12 bits per heavy atom. The lowest BCUT2D eigenvalue weighted by molar-refractivity contribution is -0.117. The number of aromatic nitrogens is 1. The Labute approximate surface area is 139 Å². The molecule has 0 spiro atoms. The molecule has 1 aliphatic carbocycles. The van der Waals surface area contributed by atoms with Crippen molar-refractivity contribution in [2.24, 2.45) is 0 Å². The fourth-order valence-electron chi connectivity index (χ4n) is 3.58. The number of anilines is 1. The first-order chi connectivity index (χ1) is 11.4. The van der Waals surface area contributed by atoms with Crippen molar-refractivity contribution in [3.8, 4) is 11.1 Å². The van der Waals surface area contributed by atoms with Gasteiger partial charge in [0.25, 0.3) is 0 Å². The fraction of sp³-hybridized carbons (Fsp3) is 0.368. The van der Waals surface area contributed by atoms with Gasteiger partial charge in [-0.1, -0.05) is 0 Å². The smallest absolute Gasteiger partial charge is 0.157 e. The molecule has 0 radical (unpaired) electrons. The standard InChI is InChI=1S/C19H18F2N2O/c1-10-5-12(6-11(2)22-10)17-16(20)8-13-7-15(24)9-23(14-3-4-14)19(13)18(17)21/h5-6,8,14H,3-4,7,9H2,1-2H3. The normalized spacial score (nSPS) is 17.2. The molecule has 0 bridgehead atoms. The number of nitrogens with zero attached hydrogens (tertiary/aromatic N) is 2. The molecule has 1 fully saturated rings. The van der Waals surface area contributed by atoms with Crippen molar-refractivity contribution >= 4 is 11.5 Å². The van der Waals surface area contributed by atoms with Crippen LogP contribution < -0.4 is 4.90 Å². The molecule has 0 amide bonds. The Morgan fingerprint density at radius 3 is 2.42 bits per heavy atom. The van der Waals surface area contributed by atoms with Gasteiger partial charge in [-0.2, -0.15) is 0 Å². The van der Waals surface area contributed by atoms with E-state index < -0.39 is 11.6 Å². The number of hydrogen-bond acceptors (Lipinski definition) is 3. The van der Waals surface area contributed by atoms with Gasteiger partial charge in [-0.05, 0) is 56.0 Å². The highest BCUT2D eigenvalue weighted by molar-refractivity contribution is 5.92. The summed E-state index contributed by atoms with van der Waals surface area (Å²) in [4.78, 5) is 18.0. The zero-order chi connectivity index (χ0) is 17.0. The van der Waals surface area contributed by atoms with E-state index in [1.54, 1.807) is 26.0 Å². The van der Waals surface area contributed by atoms with Crippen LogP contribution in [0.3, 0.4) is 0 Å². The van der Waals surface area contributed by atoms with Crippen molar-refractivity contribution in [3.05, 3.63) is 46.8 Å². The second-order valence-corrected chi connectivity index (χ2v) is 6.77. The topological polar surface area (TPSA) is 33.2 Å². The van der Waals surface area contributed by atoms with Gasteiger partial charge in [-0.25, -0.2) is 8.78 Å². The molecule has 0 atom stereocenters. The van der Waals surface area contributed by atoms with Crippen molar-refractivity contribution in [2.75, 3.05) is 11.4 Å². The number of carbonyl (C=O) groups excluding carboxylic acids is 1. The highest BCUT2D eigenvalue weighted by Crippen LogP contribution is 2.42. The molecule has 1 saturated carbocycles. The minimum atomic E-state index is -0.623. The molecule has 5 heteroatoms. The second-order valence-electron chi connectivity index (χ2n) is 6.77. The summed E-state index contributed by atoms with van der Waals surface area (Å²) in [6.07, 6.45) is 2.00. The SMILES string of the molecule is Cc1cc(-c2c(F)cc3c(c2F)N(C2CC2)CC(=O)C3)cc(C)n1. The summed E-state index contributed by atoms with van der Waals surface area (Å²) < 4.78 is 30.0. The molecule has 1 aliphatic heterocycles. The lowest BCUT2D eigenvalue weighted by Crippen LogP contribution is -2.38. The second kappa shape index (κ2) is 5.36. The first kappa shape index (κ1) is 15.2. The molecule has 124 valence electrons. The maximum atomic E-state index is 15.3. The van der Waals surface area contributed by atoms with Gasteiger partial charge in [-0.3, -0.25) is 9.78 Å². The van der Waals surface area contributed by atoms with E-state index >= 15 is 4.39 Å². The van der Waals surface area contributed by atoms with Crippen LogP contribution in [0.25, 0.3) is 11.1 Å². The van der Waals surface area contributed by atoms with Crippen LogP contribution in [0.5, 0.6) is 0 Å². The van der Waals surface area contributed by atoms with Gasteiger partial charge in [-0.15, -0.1) is 0 Å². The predicted molar refractivity (Wildman–Crippen MR) is 88.1 cm³/mol. The lowest BCUT2D eigenvalue weighted by atomic mass is 9.94. The molecule has 0 saturated heterocycles. The number of ketones is 1. The molecular weight excluding hydrogens is 310 g/mol. The van der Waals surface area contributed by atoms with Crippen LogP contribution in [0.4, 0.5) is 14.5 Å². The Bertz CT molecular complexity index is 839. The van der Waals surface area contributed by atoms with Crippen LogP contribution in [0.2, 0.25) is 0 Å². The van der Waals surface area contributed by atoms with E-state index in [1.165, 1.54) is 6.07 Å². The number of benzene rings is 1. The molecule has 2 heterocycles. The number of carbonyl (C=O) groups is 1. The summed E-state index contributed by atoms with van der Waals surface area (Å²) in [6.45, 7) is 3.83. The lowest BCUT2D eigenvalue weighted by Gasteiger charge is -2.31. The van der Waals surface area contributed by atoms with Crippen molar-refractivity contribution in [1.29, 1.82) is 0 Å². The van der Waals surface area contributed by atoms with Crippen LogP contribution in [0.15, 0.2) is 18.2 Å². The van der Waals surface area contributed by atoms with Crippen LogP contribution in [0, 0.1) is 25.5 Å². The van der Waals surface area contributed by atoms with Gasteiger partial charge < -0.3 is 4.90 Å². The Morgan fingerprint density at radius 2 is 1.79 bits per heavy atom. The summed E-state index contributed by atoms with van der Waals surface area (Å²) in [6, 6.07) is 4.90. The fourth-order valence-corrected chi connectivity index (χ4v) is 3.58. The average molecular weight is 328 g/mol. The van der Waals surface area contributed by atoms with E-state index in [2.05, 4.69) is 4.98 Å². The summed E-state index contributed by atoms with van der Waals surface area (Å²) >= 11 is 0. The van der Waals surface area contributed by atoms with E-state index in [0.29, 0.717) is 16.8 Å². The molecule has 24 heavy (non-hydrogen) atoms. The van der Waals surface area contributed by atoms with Gasteiger partial charge in [0.05, 0.1) is 17.8 Å². The Kier molecular flexibility index (Phi) is 3.41. The maximum absolute atomic E-state index is 15.3. The highest BCUT2D eigenvalue weighted by atomic mass is 19.1. The Balaban J connectivity index is 1.93. The zero-order valence-electron chi connectivity index (χ0n) is 13.7. The minimum absolute atomic E-state index is 0.0107. The van der Waals surface area contributed by atoms with E-state index in [4.69, 9.17) is 0 Å². The summed E-state index contributed by atoms with van der Waals surface area (Å²) in [5.74, 6) is -1.17. The van der Waals surface area contributed by atoms with Gasteiger partial charge >= 0.3 is 0 Å². The van der Waals surface area contributed by atoms with Crippen LogP contribution in [0.1, 0.15) is 29.8 Å². The number of aryl methyl sites for hydroxylation is 2. The molecule has 2 aliphatic rings. The molecule has 2 aromatic rings. The zero-order valence-corrected chi connectivity index (χ0v) is 13.7. The van der Waals surface area contributed by atoms with Crippen LogP contribution in [-0.2, 0) is 11.2 Å². The van der Waals surface area contributed by atoms with Gasteiger partial charge in [0, 0.05) is 23.9 Å². The molecule has 0 N–H and O–H groups in total. The van der Waals surface area contributed by atoms with Crippen LogP contribution in [-0.4, -0.2) is 23.4 Å². The molecule has 1 aromatic heterocycles. The molecule has 4 rings (SSSR count). The van der Waals surface area contributed by atoms with Crippen molar-refractivity contribution < 1.29 is 13.6 Å². The van der Waals surface area contributed by atoms with Crippen molar-refractivity contribution in [2.45, 2.75) is 39.2 Å². The summed E-state index contributed by atoms with van der Waals surface area (Å²) in [5.41, 5.74) is 2.76. The van der Waals surface area contributed by atoms with Crippen molar-refractivity contribution in [1.82, 2.24) is 4.98 Å². The molecule has 0 unspecified atom stereocenters. The van der Waals surface area contributed by atoms with E-state index in [1.807, 2.05) is 4.90 Å². The van der Waals surface area contributed by atoms with Gasteiger partial charge in [0.2, 0.25) is 0 Å². The monoisotopic (exact) mass is 328 g/mol. The molecule has 3 nitrogen and oxygen atoms in total. The third-order valence-corrected chi connectivity index (χ3v) is 4.65. The third kappa shape index (κ3) is 2.48. The highest BCUT2D eigenvalue weighted by Gasteiger charge is 2.37. The molecular formula is C19H18F2N2O. The molecule has 1 aromatic carbocycles. The summed E-state index contributed by atoms with van der Waals surface area (Å²) in [7, 11) is 0. The number of halogens is 2. The number of Topliss-reactive ketones (excluding diaryl/α,β-unsaturated/α-hetero) is 1. The number of fused-ring (bicyclic) bond motifs is 1. The first-order valence-electron chi connectivity index (χ1n) is 8.19. The number of rotatable bonds is 2. The Hall–Kier alpha value is -2.30. The van der Waals surface area contributed by atoms with E-state index in [9.17, 15) is 9.18 Å². The third-order valence-electron chi connectivity index (χ3n) is 4.65. The maximum Gasteiger partial charge on any atom is 0.157 e. The van der Waals surface area contributed by atoms with Gasteiger partial charge in [0.15, 0.2) is 11.6 Å². The first-order valence-corrected chi connectivity index (χ1v) is 8.19. The quantitative estimate of drug-likeness (QED) is 0.842. The minimum Gasteiger partial charge on any atom is -0.359 e.